The zero-order chi connectivity index (χ0) is 34.6. The highest BCUT2D eigenvalue weighted by Crippen LogP contribution is 2.50. The van der Waals surface area contributed by atoms with Crippen LogP contribution < -0.4 is 0 Å². The highest BCUT2D eigenvalue weighted by Gasteiger charge is 2.23. The molecule has 9 aromatic carbocycles. The molecule has 0 N–H and O–H groups in total. The minimum absolute atomic E-state index is 0.912. The van der Waals surface area contributed by atoms with Crippen LogP contribution in [0, 0.1) is 0 Å². The van der Waals surface area contributed by atoms with Crippen molar-refractivity contribution in [1.82, 2.24) is 0 Å². The molecule has 0 bridgehead atoms. The molecule has 0 unspecified atom stereocenters. The summed E-state index contributed by atoms with van der Waals surface area (Å²) in [6.07, 6.45) is 0. The summed E-state index contributed by atoms with van der Waals surface area (Å²) in [6, 6.07) is 61.4. The third kappa shape index (κ3) is 4.20. The Hall–Kier alpha value is -6.68. The molecule has 0 aliphatic rings. The zero-order valence-electron chi connectivity index (χ0n) is 28.4. The normalized spacial score (nSPS) is 12.2. The van der Waals surface area contributed by atoms with Gasteiger partial charge in [-0.15, -0.1) is 11.3 Å². The molecule has 0 radical (unpaired) electrons. The minimum atomic E-state index is 0.912. The van der Waals surface area contributed by atoms with Crippen molar-refractivity contribution in [2.24, 2.45) is 0 Å². The molecule has 12 aromatic rings. The van der Waals surface area contributed by atoms with Crippen LogP contribution in [0.3, 0.4) is 0 Å². The average molecular weight is 693 g/mol. The molecule has 2 nitrogen and oxygen atoms in total. The van der Waals surface area contributed by atoms with E-state index in [1.54, 1.807) is 0 Å². The minimum Gasteiger partial charge on any atom is -0.456 e. The number of benzene rings is 9. The predicted molar refractivity (Wildman–Crippen MR) is 225 cm³/mol. The van der Waals surface area contributed by atoms with Crippen LogP contribution in [0.25, 0.3) is 119 Å². The molecule has 0 saturated heterocycles. The summed E-state index contributed by atoms with van der Waals surface area (Å²) in [4.78, 5) is 1.23. The quantitative estimate of drug-likeness (QED) is 0.172. The standard InChI is InChI=1S/C50H28O2S/c1-2-12-29(13-3-1)46-28-42-49-40(34-15-9-11-21-44(34)52-49)27-41(50(42)53-46)48-37-18-6-4-16-35(37)47(36-17-5-7-19-38(36)48)31-23-22-30-25-39-33-14-8-10-20-43(33)51-45(39)26-32(30)24-31/h1-28H. The molecule has 3 aromatic heterocycles. The SMILES string of the molecule is c1ccc(-c2cc3c(s2)c(-c2c4ccccc4c(-c4ccc5cc6c(cc5c4)oc4ccccc46)c4ccccc24)cc2c4ccccc4oc32)cc1. The fourth-order valence-corrected chi connectivity index (χ4v) is 9.85. The van der Waals surface area contributed by atoms with Crippen LogP contribution in [0.5, 0.6) is 0 Å². The Kier molecular flexibility index (Phi) is 5.96. The van der Waals surface area contributed by atoms with Crippen LogP contribution in [-0.4, -0.2) is 0 Å². The molecule has 0 fully saturated rings. The van der Waals surface area contributed by atoms with Gasteiger partial charge < -0.3 is 8.83 Å². The van der Waals surface area contributed by atoms with Gasteiger partial charge in [0.15, 0.2) is 0 Å². The summed E-state index contributed by atoms with van der Waals surface area (Å²) in [6.45, 7) is 0. The van der Waals surface area contributed by atoms with Crippen molar-refractivity contribution in [2.45, 2.75) is 0 Å². The lowest BCUT2D eigenvalue weighted by atomic mass is 9.85. The smallest absolute Gasteiger partial charge is 0.144 e. The van der Waals surface area contributed by atoms with Crippen LogP contribution in [0.2, 0.25) is 0 Å². The number of rotatable bonds is 3. The first-order chi connectivity index (χ1) is 26.3. The largest absolute Gasteiger partial charge is 0.456 e. The van der Waals surface area contributed by atoms with E-state index in [2.05, 4.69) is 158 Å². The van der Waals surface area contributed by atoms with Crippen LogP contribution in [-0.2, 0) is 0 Å². The lowest BCUT2D eigenvalue weighted by Gasteiger charge is -2.18. The highest BCUT2D eigenvalue weighted by atomic mass is 32.1. The van der Waals surface area contributed by atoms with Gasteiger partial charge in [-0.1, -0.05) is 127 Å². The van der Waals surface area contributed by atoms with E-state index < -0.39 is 0 Å². The van der Waals surface area contributed by atoms with Gasteiger partial charge in [-0.05, 0) is 97.0 Å². The highest BCUT2D eigenvalue weighted by molar-refractivity contribution is 7.23. The fourth-order valence-electron chi connectivity index (χ4n) is 8.66. The summed E-state index contributed by atoms with van der Waals surface area (Å²) >= 11 is 1.85. The molecule has 53 heavy (non-hydrogen) atoms. The van der Waals surface area contributed by atoms with Gasteiger partial charge in [0.05, 0.1) is 0 Å². The molecule has 0 aliphatic heterocycles. The number of hydrogen-bond acceptors (Lipinski definition) is 3. The predicted octanol–water partition coefficient (Wildman–Crippen LogP) is 15.2. The molecule has 12 rings (SSSR count). The Morgan fingerprint density at radius 2 is 0.943 bits per heavy atom. The molecular weight excluding hydrogens is 665 g/mol. The first kappa shape index (κ1) is 29.0. The van der Waals surface area contributed by atoms with Gasteiger partial charge in [-0.2, -0.15) is 0 Å². The fraction of sp³-hybridized carbons (Fsp3) is 0. The number of furan rings is 2. The van der Waals surface area contributed by atoms with Gasteiger partial charge >= 0.3 is 0 Å². The maximum Gasteiger partial charge on any atom is 0.144 e. The van der Waals surface area contributed by atoms with E-state index in [4.69, 9.17) is 8.83 Å². The molecule has 3 heterocycles. The molecule has 0 aliphatic carbocycles. The van der Waals surface area contributed by atoms with Crippen LogP contribution in [0.1, 0.15) is 0 Å². The number of para-hydroxylation sites is 2. The topological polar surface area (TPSA) is 26.3 Å². The van der Waals surface area contributed by atoms with Crippen molar-refractivity contribution >= 4 is 97.6 Å². The lowest BCUT2D eigenvalue weighted by Crippen LogP contribution is -1.91. The second kappa shape index (κ2) is 10.9. The van der Waals surface area contributed by atoms with Gasteiger partial charge in [-0.25, -0.2) is 0 Å². The zero-order valence-corrected chi connectivity index (χ0v) is 29.2. The molecule has 3 heteroatoms. The van der Waals surface area contributed by atoms with E-state index in [-0.39, 0.29) is 0 Å². The Bertz CT molecular complexity index is 3390. The lowest BCUT2D eigenvalue weighted by molar-refractivity contribution is 0.669. The molecule has 0 atom stereocenters. The first-order valence-electron chi connectivity index (χ1n) is 18.0. The van der Waals surface area contributed by atoms with Crippen molar-refractivity contribution in [3.05, 3.63) is 170 Å². The maximum absolute atomic E-state index is 6.64. The summed E-state index contributed by atoms with van der Waals surface area (Å²) in [5.74, 6) is 0. The van der Waals surface area contributed by atoms with E-state index >= 15 is 0 Å². The van der Waals surface area contributed by atoms with E-state index in [1.165, 1.54) is 64.3 Å². The van der Waals surface area contributed by atoms with E-state index in [1.807, 2.05) is 23.5 Å². The Labute approximate surface area is 307 Å². The van der Waals surface area contributed by atoms with Crippen LogP contribution >= 0.6 is 11.3 Å². The van der Waals surface area contributed by atoms with Crippen molar-refractivity contribution in [3.63, 3.8) is 0 Å². The summed E-state index contributed by atoms with van der Waals surface area (Å²) in [5, 5.41) is 13.0. The first-order valence-corrected chi connectivity index (χ1v) is 18.8. The molecule has 0 spiro atoms. The van der Waals surface area contributed by atoms with Crippen LogP contribution in [0.15, 0.2) is 179 Å². The summed E-state index contributed by atoms with van der Waals surface area (Å²) < 4.78 is 14.2. The van der Waals surface area contributed by atoms with Gasteiger partial charge in [0.1, 0.15) is 22.3 Å². The van der Waals surface area contributed by atoms with Crippen LogP contribution in [0.4, 0.5) is 0 Å². The Morgan fingerprint density at radius 3 is 1.66 bits per heavy atom. The summed E-state index contributed by atoms with van der Waals surface area (Å²) in [5.41, 5.74) is 9.83. The van der Waals surface area contributed by atoms with E-state index in [0.717, 1.165) is 54.6 Å². The maximum atomic E-state index is 6.64. The average Bonchev–Trinajstić information content (AvgIpc) is 3.93. The number of thiophene rings is 1. The molecular formula is C50H28O2S. The number of fused-ring (bicyclic) bond motifs is 11. The third-order valence-corrected chi connectivity index (χ3v) is 12.2. The van der Waals surface area contributed by atoms with Crippen molar-refractivity contribution < 1.29 is 8.83 Å². The third-order valence-electron chi connectivity index (χ3n) is 11.0. The monoisotopic (exact) mass is 692 g/mol. The van der Waals surface area contributed by atoms with Gasteiger partial charge in [0, 0.05) is 42.1 Å². The van der Waals surface area contributed by atoms with E-state index in [0.29, 0.717) is 0 Å². The Balaban J connectivity index is 1.17. The summed E-state index contributed by atoms with van der Waals surface area (Å²) in [7, 11) is 0. The molecule has 0 saturated carbocycles. The number of hydrogen-bond donors (Lipinski definition) is 0. The van der Waals surface area contributed by atoms with E-state index in [9.17, 15) is 0 Å². The Morgan fingerprint density at radius 1 is 0.340 bits per heavy atom. The van der Waals surface area contributed by atoms with Gasteiger partial charge in [0.2, 0.25) is 0 Å². The second-order valence-corrected chi connectivity index (χ2v) is 15.0. The van der Waals surface area contributed by atoms with Crippen molar-refractivity contribution in [2.75, 3.05) is 0 Å². The second-order valence-electron chi connectivity index (χ2n) is 14.0. The van der Waals surface area contributed by atoms with Gasteiger partial charge in [0.25, 0.3) is 0 Å². The van der Waals surface area contributed by atoms with Gasteiger partial charge in [-0.3, -0.25) is 0 Å². The van der Waals surface area contributed by atoms with Crippen molar-refractivity contribution in [1.29, 1.82) is 0 Å². The molecule has 0 amide bonds. The van der Waals surface area contributed by atoms with Crippen molar-refractivity contribution in [3.8, 4) is 32.7 Å². The molecule has 246 valence electrons.